The van der Waals surface area contributed by atoms with Gasteiger partial charge in [-0.05, 0) is 61.5 Å². The second-order valence-corrected chi connectivity index (χ2v) is 13.8. The van der Waals surface area contributed by atoms with E-state index in [1.807, 2.05) is 42.1 Å². The fraction of sp³-hybridized carbons (Fsp3) is 0.533. The van der Waals surface area contributed by atoms with Crippen molar-refractivity contribution in [2.75, 3.05) is 59.6 Å². The lowest BCUT2D eigenvalue weighted by Gasteiger charge is -2.39. The van der Waals surface area contributed by atoms with Crippen molar-refractivity contribution in [3.05, 3.63) is 65.7 Å². The van der Waals surface area contributed by atoms with Gasteiger partial charge in [-0.25, -0.2) is 13.2 Å². The molecule has 3 heterocycles. The summed E-state index contributed by atoms with van der Waals surface area (Å²) in [6, 6.07) is 17.5. The molecule has 3 aliphatic rings. The number of amides is 3. The summed E-state index contributed by atoms with van der Waals surface area (Å²) in [5.41, 5.74) is 1.96. The van der Waals surface area contributed by atoms with Crippen molar-refractivity contribution in [1.82, 2.24) is 19.6 Å². The van der Waals surface area contributed by atoms with E-state index in [9.17, 15) is 18.0 Å². The quantitative estimate of drug-likeness (QED) is 0.514. The number of piperidine rings is 1. The fourth-order valence-corrected chi connectivity index (χ4v) is 7.27. The number of carbonyl (C=O) groups is 2. The molecule has 0 aliphatic carbocycles. The molecule has 40 heavy (non-hydrogen) atoms. The van der Waals surface area contributed by atoms with Gasteiger partial charge in [0.2, 0.25) is 5.91 Å². The first-order valence-corrected chi connectivity index (χ1v) is 15.8. The van der Waals surface area contributed by atoms with Gasteiger partial charge in [-0.15, -0.1) is 12.4 Å². The van der Waals surface area contributed by atoms with Gasteiger partial charge >= 0.3 is 6.03 Å². The molecule has 2 aromatic carbocycles. The molecule has 8 nitrogen and oxygen atoms in total. The minimum absolute atomic E-state index is 0. The topological polar surface area (TPSA) is 81.2 Å². The van der Waals surface area contributed by atoms with Gasteiger partial charge in [0.1, 0.15) is 0 Å². The molecule has 0 saturated carbocycles. The van der Waals surface area contributed by atoms with Crippen molar-refractivity contribution in [2.24, 2.45) is 11.3 Å². The highest BCUT2D eigenvalue weighted by molar-refractivity contribution is 7.90. The summed E-state index contributed by atoms with van der Waals surface area (Å²) in [6.07, 6.45) is 3.80. The number of urea groups is 1. The van der Waals surface area contributed by atoms with Crippen molar-refractivity contribution < 1.29 is 18.0 Å². The second-order valence-electron chi connectivity index (χ2n) is 11.8. The number of hydrogen-bond acceptors (Lipinski definition) is 5. The van der Waals surface area contributed by atoms with Gasteiger partial charge in [0.05, 0.1) is 10.3 Å². The summed E-state index contributed by atoms with van der Waals surface area (Å²) in [6.45, 7) is 5.46. The van der Waals surface area contributed by atoms with E-state index in [-0.39, 0.29) is 29.8 Å². The maximum atomic E-state index is 13.5. The minimum Gasteiger partial charge on any atom is -0.338 e. The average molecular weight is 589 g/mol. The van der Waals surface area contributed by atoms with E-state index in [0.29, 0.717) is 23.3 Å². The molecular weight excluding hydrogens is 548 g/mol. The van der Waals surface area contributed by atoms with Crippen LogP contribution in [-0.2, 0) is 21.2 Å². The van der Waals surface area contributed by atoms with Gasteiger partial charge in [-0.3, -0.25) is 4.79 Å². The summed E-state index contributed by atoms with van der Waals surface area (Å²) >= 11 is 0. The zero-order valence-electron chi connectivity index (χ0n) is 23.7. The molecule has 2 atom stereocenters. The van der Waals surface area contributed by atoms with Crippen molar-refractivity contribution in [2.45, 2.75) is 36.6 Å². The van der Waals surface area contributed by atoms with E-state index in [2.05, 4.69) is 29.2 Å². The molecule has 218 valence electrons. The Labute approximate surface area is 244 Å². The Morgan fingerprint density at radius 2 is 1.57 bits per heavy atom. The highest BCUT2D eigenvalue weighted by Crippen LogP contribution is 2.43. The summed E-state index contributed by atoms with van der Waals surface area (Å²) in [5, 5.41) is 0. The molecular formula is C30H41ClN4O4S. The van der Waals surface area contributed by atoms with Crippen molar-refractivity contribution in [3.63, 3.8) is 0 Å². The van der Waals surface area contributed by atoms with E-state index >= 15 is 0 Å². The summed E-state index contributed by atoms with van der Waals surface area (Å²) in [7, 11) is 0.387. The molecule has 0 radical (unpaired) electrons. The Morgan fingerprint density at radius 3 is 2.17 bits per heavy atom. The maximum absolute atomic E-state index is 13.5. The van der Waals surface area contributed by atoms with Crippen molar-refractivity contribution >= 4 is 34.2 Å². The predicted octanol–water partition coefficient (Wildman–Crippen LogP) is 3.72. The third-order valence-corrected chi connectivity index (χ3v) is 10.1. The lowest BCUT2D eigenvalue weighted by atomic mass is 9.76. The number of nitrogens with zero attached hydrogens (tertiary/aromatic N) is 4. The van der Waals surface area contributed by atoms with Gasteiger partial charge in [0.25, 0.3) is 0 Å². The molecule has 0 aromatic heterocycles. The van der Waals surface area contributed by atoms with Crippen LogP contribution in [0.5, 0.6) is 0 Å². The van der Waals surface area contributed by atoms with Crippen LogP contribution >= 0.6 is 12.4 Å². The first kappa shape index (κ1) is 30.3. The van der Waals surface area contributed by atoms with Gasteiger partial charge in [-0.1, -0.05) is 42.5 Å². The second kappa shape index (κ2) is 12.1. The number of likely N-dealkylation sites (tertiary alicyclic amines) is 3. The lowest BCUT2D eigenvalue weighted by Crippen LogP contribution is -2.46. The summed E-state index contributed by atoms with van der Waals surface area (Å²) in [5.74, 6) is 0.903. The number of carbonyl (C=O) groups excluding carboxylic acids is 2. The van der Waals surface area contributed by atoms with Gasteiger partial charge < -0.3 is 19.6 Å². The van der Waals surface area contributed by atoms with Crippen LogP contribution in [0, 0.1) is 11.3 Å². The molecule has 5 rings (SSSR count). The number of rotatable bonds is 6. The third kappa shape index (κ3) is 6.31. The highest BCUT2D eigenvalue weighted by Gasteiger charge is 2.48. The number of benzene rings is 2. The Bertz CT molecular complexity index is 1290. The van der Waals surface area contributed by atoms with E-state index in [0.717, 1.165) is 64.1 Å². The van der Waals surface area contributed by atoms with Crippen LogP contribution in [0.1, 0.15) is 36.3 Å². The molecule has 3 saturated heterocycles. The van der Waals surface area contributed by atoms with Crippen LogP contribution in [-0.4, -0.2) is 99.6 Å². The molecule has 10 heteroatoms. The van der Waals surface area contributed by atoms with Crippen LogP contribution in [0.15, 0.2) is 59.5 Å². The first-order valence-electron chi connectivity index (χ1n) is 13.9. The van der Waals surface area contributed by atoms with Crippen molar-refractivity contribution in [3.8, 4) is 0 Å². The number of sulfone groups is 1. The largest absolute Gasteiger partial charge is 0.338 e. The monoisotopic (exact) mass is 588 g/mol. The average Bonchev–Trinajstić information content (AvgIpc) is 3.47. The van der Waals surface area contributed by atoms with Crippen LogP contribution in [0.2, 0.25) is 0 Å². The Kier molecular flexibility index (Phi) is 9.17. The van der Waals surface area contributed by atoms with Gasteiger partial charge in [-0.2, -0.15) is 0 Å². The first-order chi connectivity index (χ1) is 18.6. The predicted molar refractivity (Wildman–Crippen MR) is 158 cm³/mol. The normalized spacial score (nSPS) is 22.9. The minimum atomic E-state index is -3.23. The van der Waals surface area contributed by atoms with E-state index in [1.165, 1.54) is 11.8 Å². The van der Waals surface area contributed by atoms with Gasteiger partial charge in [0, 0.05) is 59.0 Å². The van der Waals surface area contributed by atoms with Crippen LogP contribution in [0.25, 0.3) is 0 Å². The molecule has 0 bridgehead atoms. The smallest absolute Gasteiger partial charge is 0.319 e. The van der Waals surface area contributed by atoms with E-state index < -0.39 is 9.84 Å². The number of hydrogen-bond donors (Lipinski definition) is 0. The van der Waals surface area contributed by atoms with E-state index in [4.69, 9.17) is 0 Å². The van der Waals surface area contributed by atoms with Crippen LogP contribution in [0.3, 0.4) is 0 Å². The van der Waals surface area contributed by atoms with E-state index in [1.54, 1.807) is 17.0 Å². The Hall–Kier alpha value is -2.62. The SMILES string of the molecule is CN(C)C(=O)N1CC(c2ccccc2)[C@@H](CN2CCC3(CC2)CCN(Cc2ccc(S(C)(=O)=O)cc2)C3=O)C1.Cl. The fourth-order valence-electron chi connectivity index (χ4n) is 6.64. The van der Waals surface area contributed by atoms with Crippen molar-refractivity contribution in [1.29, 1.82) is 0 Å². The standard InChI is InChI=1S/C30H40N4O4S.ClH/c1-31(2)29(36)34-21-25(27(22-34)24-7-5-4-6-8-24)20-32-16-13-30(14-17-32)15-18-33(28(30)35)19-23-9-11-26(12-10-23)39(3,37)38;/h4-12,25,27H,13-22H2,1-3H3;1H/t25-,27?;/m0./s1. The molecule has 3 fully saturated rings. The van der Waals surface area contributed by atoms with Crippen LogP contribution < -0.4 is 0 Å². The zero-order valence-corrected chi connectivity index (χ0v) is 25.3. The molecule has 0 N–H and O–H groups in total. The van der Waals surface area contributed by atoms with Crippen LogP contribution in [0.4, 0.5) is 4.79 Å². The Balaban J connectivity index is 0.00000370. The van der Waals surface area contributed by atoms with Gasteiger partial charge in [0.15, 0.2) is 9.84 Å². The summed E-state index contributed by atoms with van der Waals surface area (Å²) < 4.78 is 23.5. The lowest BCUT2D eigenvalue weighted by molar-refractivity contribution is -0.139. The Morgan fingerprint density at radius 1 is 0.950 bits per heavy atom. The third-order valence-electron chi connectivity index (χ3n) is 8.95. The maximum Gasteiger partial charge on any atom is 0.319 e. The molecule has 1 unspecified atom stereocenters. The number of halogens is 1. The molecule has 3 aliphatic heterocycles. The highest BCUT2D eigenvalue weighted by atomic mass is 35.5. The molecule has 1 spiro atoms. The molecule has 3 amide bonds. The zero-order chi connectivity index (χ0) is 27.8. The summed E-state index contributed by atoms with van der Waals surface area (Å²) in [4.78, 5) is 34.7. The molecule has 2 aromatic rings.